The van der Waals surface area contributed by atoms with Crippen LogP contribution in [0.25, 0.3) is 0 Å². The topological polar surface area (TPSA) is 0 Å². The van der Waals surface area contributed by atoms with Gasteiger partial charge in [-0.2, -0.15) is 0 Å². The number of aryl methyl sites for hydroxylation is 1. The molecule has 33 heavy (non-hydrogen) atoms. The summed E-state index contributed by atoms with van der Waals surface area (Å²) in [6.45, 7) is 2.29. The number of benzene rings is 2. The van der Waals surface area contributed by atoms with Crippen LogP contribution in [-0.2, 0) is 6.42 Å². The second kappa shape index (κ2) is 19.8. The van der Waals surface area contributed by atoms with Crippen LogP contribution in [0.15, 0.2) is 58.3 Å². The molecular weight excluding hydrogens is 416 g/mol. The van der Waals surface area contributed by atoms with Gasteiger partial charge in [0.05, 0.1) is 0 Å². The summed E-state index contributed by atoms with van der Waals surface area (Å²) >= 11 is 1.84. The highest BCUT2D eigenvalue weighted by atomic mass is 32.2. The van der Waals surface area contributed by atoms with Crippen LogP contribution in [-0.4, -0.2) is 0 Å². The second-order valence-electron chi connectivity index (χ2n) is 9.13. The number of rotatable bonds is 18. The molecule has 0 aliphatic heterocycles. The maximum absolute atomic E-state index is 3.45. The monoisotopic (exact) mass is 461 g/mol. The van der Waals surface area contributed by atoms with Gasteiger partial charge in [0.15, 0.2) is 0 Å². The Balaban J connectivity index is 1.44. The largest absolute Gasteiger partial charge is 0.103 e. The molecule has 1 radical (unpaired) electrons. The van der Waals surface area contributed by atoms with E-state index in [1.807, 2.05) is 17.8 Å². The van der Waals surface area contributed by atoms with Crippen LogP contribution in [0.1, 0.15) is 115 Å². The summed E-state index contributed by atoms with van der Waals surface area (Å²) < 4.78 is 0. The van der Waals surface area contributed by atoms with Crippen LogP contribution in [0.3, 0.4) is 0 Å². The van der Waals surface area contributed by atoms with Crippen molar-refractivity contribution in [3.05, 3.63) is 60.2 Å². The average Bonchev–Trinajstić information content (AvgIpc) is 2.85. The standard InChI is InChI=1S/C32H45S/c1-2-3-4-5-6-7-8-9-10-11-12-13-14-15-16-17-18-20-25-30-26-23-24-29-32(30)33-31-27-21-19-22-28-31/h19,21-24,27-29H,2-15,18,20,25H2,1H3. The fourth-order valence-corrected chi connectivity index (χ4v) is 5.10. The highest BCUT2D eigenvalue weighted by Gasteiger charge is 2.03. The van der Waals surface area contributed by atoms with Crippen molar-refractivity contribution in [1.29, 1.82) is 0 Å². The van der Waals surface area contributed by atoms with E-state index in [0.29, 0.717) is 0 Å². The molecule has 0 fully saturated rings. The van der Waals surface area contributed by atoms with Gasteiger partial charge < -0.3 is 0 Å². The van der Waals surface area contributed by atoms with Gasteiger partial charge in [0.1, 0.15) is 0 Å². The first kappa shape index (κ1) is 27.6. The highest BCUT2D eigenvalue weighted by Crippen LogP contribution is 2.30. The van der Waals surface area contributed by atoms with E-state index in [2.05, 4.69) is 67.3 Å². The molecule has 2 aromatic carbocycles. The fraction of sp³-hybridized carbons (Fsp3) is 0.562. The summed E-state index contributed by atoms with van der Waals surface area (Å²) in [4.78, 5) is 2.61. The number of hydrogen-bond acceptors (Lipinski definition) is 1. The van der Waals surface area contributed by atoms with E-state index >= 15 is 0 Å². The summed E-state index contributed by atoms with van der Waals surface area (Å²) in [6, 6.07) is 20.4. The summed E-state index contributed by atoms with van der Waals surface area (Å²) in [6.07, 6.45) is 22.6. The van der Waals surface area contributed by atoms with Gasteiger partial charge in [-0.1, -0.05) is 126 Å². The van der Waals surface area contributed by atoms with Crippen LogP contribution >= 0.6 is 11.8 Å². The van der Waals surface area contributed by atoms with Gasteiger partial charge in [-0.05, 0) is 49.1 Å². The maximum atomic E-state index is 3.45. The molecular formula is C32H45S. The second-order valence-corrected chi connectivity index (χ2v) is 10.2. The lowest BCUT2D eigenvalue weighted by Crippen LogP contribution is -1.89. The molecule has 0 aliphatic carbocycles. The summed E-state index contributed by atoms with van der Waals surface area (Å²) in [5.74, 6) is 6.80. The van der Waals surface area contributed by atoms with Gasteiger partial charge in [-0.25, -0.2) is 0 Å². The zero-order valence-corrected chi connectivity index (χ0v) is 21.9. The van der Waals surface area contributed by atoms with E-state index in [0.717, 1.165) is 25.7 Å². The van der Waals surface area contributed by atoms with E-state index < -0.39 is 0 Å². The van der Waals surface area contributed by atoms with Crippen molar-refractivity contribution in [3.8, 4) is 11.8 Å². The molecule has 0 aliphatic rings. The SMILES string of the molecule is CCCCCCCCCCCCCCCC#CCCCc1[c]cccc1Sc1ccccc1. The summed E-state index contributed by atoms with van der Waals surface area (Å²) in [7, 11) is 0. The molecule has 0 unspecified atom stereocenters. The molecule has 0 amide bonds. The van der Waals surface area contributed by atoms with Gasteiger partial charge in [0, 0.05) is 22.6 Å². The molecule has 0 heterocycles. The Morgan fingerprint density at radius 3 is 1.85 bits per heavy atom. The van der Waals surface area contributed by atoms with E-state index in [4.69, 9.17) is 0 Å². The van der Waals surface area contributed by atoms with Gasteiger partial charge in [0.2, 0.25) is 0 Å². The Labute approximate surface area is 209 Å². The van der Waals surface area contributed by atoms with Crippen molar-refractivity contribution in [2.75, 3.05) is 0 Å². The first-order chi connectivity index (χ1) is 16.4. The van der Waals surface area contributed by atoms with Crippen LogP contribution in [0, 0.1) is 17.9 Å². The van der Waals surface area contributed by atoms with Gasteiger partial charge in [-0.3, -0.25) is 0 Å². The van der Waals surface area contributed by atoms with Crippen molar-refractivity contribution in [3.63, 3.8) is 0 Å². The first-order valence-electron chi connectivity index (χ1n) is 13.6. The minimum atomic E-state index is 0.997. The molecule has 0 aromatic heterocycles. The van der Waals surface area contributed by atoms with Gasteiger partial charge >= 0.3 is 0 Å². The molecule has 2 aromatic rings. The van der Waals surface area contributed by atoms with Crippen molar-refractivity contribution >= 4 is 11.8 Å². The predicted molar refractivity (Wildman–Crippen MR) is 147 cm³/mol. The lowest BCUT2D eigenvalue weighted by atomic mass is 10.0. The molecule has 2 rings (SSSR count). The molecule has 0 saturated heterocycles. The molecule has 0 nitrogen and oxygen atoms in total. The van der Waals surface area contributed by atoms with Crippen LogP contribution in [0.2, 0.25) is 0 Å². The van der Waals surface area contributed by atoms with Crippen LogP contribution in [0.4, 0.5) is 0 Å². The minimum Gasteiger partial charge on any atom is -0.103 e. The molecule has 0 atom stereocenters. The van der Waals surface area contributed by atoms with Crippen molar-refractivity contribution in [2.45, 2.75) is 126 Å². The quantitative estimate of drug-likeness (QED) is 0.157. The van der Waals surface area contributed by atoms with Gasteiger partial charge in [-0.15, -0.1) is 11.8 Å². The normalized spacial score (nSPS) is 10.7. The van der Waals surface area contributed by atoms with Crippen molar-refractivity contribution < 1.29 is 0 Å². The Morgan fingerprint density at radius 2 is 1.21 bits per heavy atom. The van der Waals surface area contributed by atoms with Crippen LogP contribution < -0.4 is 0 Å². The molecule has 0 bridgehead atoms. The Hall–Kier alpha value is -1.65. The van der Waals surface area contributed by atoms with Crippen molar-refractivity contribution in [2.24, 2.45) is 0 Å². The third-order valence-corrected chi connectivity index (χ3v) is 7.24. The Kier molecular flexibility index (Phi) is 16.5. The zero-order valence-electron chi connectivity index (χ0n) is 21.0. The van der Waals surface area contributed by atoms with E-state index in [9.17, 15) is 0 Å². The summed E-state index contributed by atoms with van der Waals surface area (Å²) in [5, 5.41) is 0. The molecule has 0 N–H and O–H groups in total. The highest BCUT2D eigenvalue weighted by molar-refractivity contribution is 7.99. The molecule has 0 spiro atoms. The zero-order chi connectivity index (χ0) is 23.2. The number of hydrogen-bond donors (Lipinski definition) is 0. The van der Waals surface area contributed by atoms with E-state index in [1.165, 1.54) is 98.8 Å². The molecule has 0 saturated carbocycles. The van der Waals surface area contributed by atoms with Gasteiger partial charge in [0.25, 0.3) is 0 Å². The third-order valence-electron chi connectivity index (χ3n) is 6.13. The molecule has 179 valence electrons. The predicted octanol–water partition coefficient (Wildman–Crippen LogP) is 10.4. The summed E-state index contributed by atoms with van der Waals surface area (Å²) in [5.41, 5.74) is 1.32. The average molecular weight is 462 g/mol. The lowest BCUT2D eigenvalue weighted by Gasteiger charge is -2.08. The molecule has 1 heteroatoms. The first-order valence-corrected chi connectivity index (χ1v) is 14.4. The smallest absolute Gasteiger partial charge is 0.0160 e. The van der Waals surface area contributed by atoms with E-state index in [-0.39, 0.29) is 0 Å². The third kappa shape index (κ3) is 14.3. The minimum absolute atomic E-state index is 0.997. The lowest BCUT2D eigenvalue weighted by molar-refractivity contribution is 0.540. The fourth-order valence-electron chi connectivity index (χ4n) is 4.12. The Bertz CT molecular complexity index is 768. The van der Waals surface area contributed by atoms with Crippen molar-refractivity contribution in [1.82, 2.24) is 0 Å². The van der Waals surface area contributed by atoms with Crippen LogP contribution in [0.5, 0.6) is 0 Å². The Morgan fingerprint density at radius 1 is 0.636 bits per heavy atom. The van der Waals surface area contributed by atoms with E-state index in [1.54, 1.807) is 0 Å². The maximum Gasteiger partial charge on any atom is 0.0160 e. The number of unbranched alkanes of at least 4 members (excludes halogenated alkanes) is 14.